The van der Waals surface area contributed by atoms with Gasteiger partial charge >= 0.3 is 0 Å². The molecule has 0 radical (unpaired) electrons. The summed E-state index contributed by atoms with van der Waals surface area (Å²) in [6, 6.07) is 1.56. The zero-order valence-corrected chi connectivity index (χ0v) is 13.0. The zero-order chi connectivity index (χ0) is 13.7. The van der Waals surface area contributed by atoms with Gasteiger partial charge in [-0.2, -0.15) is 0 Å². The Labute approximate surface area is 118 Å². The van der Waals surface area contributed by atoms with Crippen molar-refractivity contribution in [3.8, 4) is 0 Å². The van der Waals surface area contributed by atoms with Gasteiger partial charge in [0, 0.05) is 25.7 Å². The number of nitrogens with zero attached hydrogens (tertiary/aromatic N) is 3. The first kappa shape index (κ1) is 15.2. The highest BCUT2D eigenvalue weighted by Crippen LogP contribution is 2.23. The number of methoxy groups -OCH3 is 1. The minimum atomic E-state index is 0.778. The summed E-state index contributed by atoms with van der Waals surface area (Å²) < 4.78 is 5.33. The van der Waals surface area contributed by atoms with Crippen LogP contribution < -0.4 is 0 Å². The van der Waals surface area contributed by atoms with Crippen LogP contribution in [0.25, 0.3) is 0 Å². The van der Waals surface area contributed by atoms with Crippen molar-refractivity contribution in [2.75, 3.05) is 60.5 Å². The van der Waals surface area contributed by atoms with E-state index in [0.717, 1.165) is 25.2 Å². The maximum Gasteiger partial charge on any atom is 0.0589 e. The molecule has 0 spiro atoms. The second-order valence-corrected chi connectivity index (χ2v) is 6.30. The Morgan fingerprint density at radius 3 is 1.68 bits per heavy atom. The van der Waals surface area contributed by atoms with Gasteiger partial charge < -0.3 is 14.5 Å². The predicted octanol–water partition coefficient (Wildman–Crippen LogP) is 1.12. The van der Waals surface area contributed by atoms with Gasteiger partial charge in [-0.3, -0.25) is 4.90 Å². The van der Waals surface area contributed by atoms with E-state index < -0.39 is 0 Å². The van der Waals surface area contributed by atoms with E-state index in [0.29, 0.717) is 0 Å². The highest BCUT2D eigenvalue weighted by Gasteiger charge is 2.30. The first-order valence-corrected chi connectivity index (χ1v) is 7.82. The van der Waals surface area contributed by atoms with E-state index in [1.807, 2.05) is 7.11 Å². The van der Waals surface area contributed by atoms with Crippen molar-refractivity contribution < 1.29 is 4.74 Å². The first-order valence-electron chi connectivity index (χ1n) is 7.82. The largest absolute Gasteiger partial charge is 0.383 e. The van der Waals surface area contributed by atoms with Crippen LogP contribution in [0.15, 0.2) is 0 Å². The maximum atomic E-state index is 5.33. The summed E-state index contributed by atoms with van der Waals surface area (Å²) in [6.45, 7) is 6.99. The van der Waals surface area contributed by atoms with Gasteiger partial charge in [0.25, 0.3) is 0 Å². The summed E-state index contributed by atoms with van der Waals surface area (Å²) in [5.41, 5.74) is 0. The summed E-state index contributed by atoms with van der Waals surface area (Å²) in [4.78, 5) is 7.68. The van der Waals surface area contributed by atoms with E-state index >= 15 is 0 Å². The molecule has 4 nitrogen and oxygen atoms in total. The van der Waals surface area contributed by atoms with Crippen LogP contribution >= 0.6 is 0 Å². The standard InChI is InChI=1S/C15H31N3O/c1-16-8-4-14(5-9-16)18(12-13-19-3)15-6-10-17(2)11-7-15/h14-15H,4-13H2,1-3H3. The molecule has 2 rings (SSSR count). The third-order valence-electron chi connectivity index (χ3n) is 4.87. The molecule has 0 unspecified atom stereocenters. The highest BCUT2D eigenvalue weighted by atomic mass is 16.5. The normalized spacial score (nSPS) is 25.3. The van der Waals surface area contributed by atoms with Crippen molar-refractivity contribution >= 4 is 0 Å². The first-order chi connectivity index (χ1) is 9.20. The molecule has 0 aromatic carbocycles. The molecule has 2 aliphatic rings. The molecule has 0 atom stereocenters. The second kappa shape index (κ2) is 7.58. The van der Waals surface area contributed by atoms with E-state index in [1.165, 1.54) is 51.9 Å². The van der Waals surface area contributed by atoms with Gasteiger partial charge in [0.2, 0.25) is 0 Å². The molecule has 2 fully saturated rings. The van der Waals surface area contributed by atoms with Crippen molar-refractivity contribution in [3.63, 3.8) is 0 Å². The molecule has 4 heteroatoms. The number of likely N-dealkylation sites (tertiary alicyclic amines) is 2. The van der Waals surface area contributed by atoms with Gasteiger partial charge in [0.15, 0.2) is 0 Å². The lowest BCUT2D eigenvalue weighted by Gasteiger charge is -2.44. The molecule has 19 heavy (non-hydrogen) atoms. The SMILES string of the molecule is COCCN(C1CCN(C)CC1)C1CCN(C)CC1. The number of piperidine rings is 2. The molecule has 0 amide bonds. The van der Waals surface area contributed by atoms with Gasteiger partial charge in [-0.05, 0) is 66.0 Å². The average Bonchev–Trinajstić information content (AvgIpc) is 2.43. The van der Waals surface area contributed by atoms with Crippen LogP contribution in [0.5, 0.6) is 0 Å². The topological polar surface area (TPSA) is 19.0 Å². The van der Waals surface area contributed by atoms with Gasteiger partial charge in [-0.25, -0.2) is 0 Å². The average molecular weight is 269 g/mol. The minimum Gasteiger partial charge on any atom is -0.383 e. The Kier molecular flexibility index (Phi) is 6.07. The molecule has 0 N–H and O–H groups in total. The Hall–Kier alpha value is -0.160. The van der Waals surface area contributed by atoms with Crippen LogP contribution in [0.4, 0.5) is 0 Å². The molecular weight excluding hydrogens is 238 g/mol. The van der Waals surface area contributed by atoms with Crippen molar-refractivity contribution in [2.45, 2.75) is 37.8 Å². The molecule has 2 saturated heterocycles. The van der Waals surface area contributed by atoms with Crippen molar-refractivity contribution in [3.05, 3.63) is 0 Å². The highest BCUT2D eigenvalue weighted by molar-refractivity contribution is 4.86. The number of rotatable bonds is 5. The van der Waals surface area contributed by atoms with Crippen LogP contribution in [0.1, 0.15) is 25.7 Å². The summed E-state index contributed by atoms with van der Waals surface area (Å²) in [5, 5.41) is 0. The molecular formula is C15H31N3O. The lowest BCUT2D eigenvalue weighted by Crippen LogP contribution is -2.52. The third kappa shape index (κ3) is 4.42. The van der Waals surface area contributed by atoms with Crippen molar-refractivity contribution in [2.24, 2.45) is 0 Å². The van der Waals surface area contributed by atoms with Crippen LogP contribution in [-0.4, -0.2) is 87.3 Å². The summed E-state index contributed by atoms with van der Waals surface area (Å²) in [5.74, 6) is 0. The molecule has 0 aliphatic carbocycles. The Bertz CT molecular complexity index is 224. The molecule has 0 aromatic heterocycles. The molecule has 112 valence electrons. The van der Waals surface area contributed by atoms with Crippen molar-refractivity contribution in [1.82, 2.24) is 14.7 Å². The predicted molar refractivity (Wildman–Crippen MR) is 79.6 cm³/mol. The minimum absolute atomic E-state index is 0.778. The molecule has 0 aromatic rings. The smallest absolute Gasteiger partial charge is 0.0589 e. The molecule has 2 heterocycles. The molecule has 0 saturated carbocycles. The van der Waals surface area contributed by atoms with Crippen LogP contribution in [0.2, 0.25) is 0 Å². The summed E-state index contributed by atoms with van der Waals surface area (Å²) in [7, 11) is 6.30. The van der Waals surface area contributed by atoms with Crippen molar-refractivity contribution in [1.29, 1.82) is 0 Å². The van der Waals surface area contributed by atoms with E-state index in [-0.39, 0.29) is 0 Å². The summed E-state index contributed by atoms with van der Waals surface area (Å²) >= 11 is 0. The third-order valence-corrected chi connectivity index (χ3v) is 4.87. The Morgan fingerprint density at radius 2 is 1.32 bits per heavy atom. The molecule has 2 aliphatic heterocycles. The van der Waals surface area contributed by atoms with E-state index in [2.05, 4.69) is 28.8 Å². The second-order valence-electron chi connectivity index (χ2n) is 6.30. The van der Waals surface area contributed by atoms with Gasteiger partial charge in [-0.15, -0.1) is 0 Å². The fourth-order valence-corrected chi connectivity index (χ4v) is 3.51. The van der Waals surface area contributed by atoms with E-state index in [1.54, 1.807) is 0 Å². The van der Waals surface area contributed by atoms with E-state index in [9.17, 15) is 0 Å². The number of ether oxygens (including phenoxy) is 1. The van der Waals surface area contributed by atoms with Gasteiger partial charge in [0.1, 0.15) is 0 Å². The number of hydrogen-bond donors (Lipinski definition) is 0. The summed E-state index contributed by atoms with van der Waals surface area (Å²) in [6.07, 6.45) is 5.30. The van der Waals surface area contributed by atoms with Crippen LogP contribution in [-0.2, 0) is 4.74 Å². The fraction of sp³-hybridized carbons (Fsp3) is 1.00. The number of hydrogen-bond acceptors (Lipinski definition) is 4. The van der Waals surface area contributed by atoms with Gasteiger partial charge in [0.05, 0.1) is 6.61 Å². The Balaban J connectivity index is 1.90. The monoisotopic (exact) mass is 269 g/mol. The lowest BCUT2D eigenvalue weighted by molar-refractivity contribution is 0.0298. The zero-order valence-electron chi connectivity index (χ0n) is 13.0. The van der Waals surface area contributed by atoms with Gasteiger partial charge in [-0.1, -0.05) is 0 Å². The van der Waals surface area contributed by atoms with E-state index in [4.69, 9.17) is 4.74 Å². The fourth-order valence-electron chi connectivity index (χ4n) is 3.51. The Morgan fingerprint density at radius 1 is 0.895 bits per heavy atom. The molecule has 0 bridgehead atoms. The van der Waals surface area contributed by atoms with Crippen LogP contribution in [0, 0.1) is 0 Å². The quantitative estimate of drug-likeness (QED) is 0.744. The van der Waals surface area contributed by atoms with Crippen LogP contribution in [0.3, 0.4) is 0 Å². The maximum absolute atomic E-state index is 5.33. The lowest BCUT2D eigenvalue weighted by atomic mass is 9.96.